The molecule has 0 aliphatic carbocycles. The number of carbonyl (C=O) groups excluding carboxylic acids is 1. The maximum Gasteiger partial charge on any atom is 0.410 e. The van der Waals surface area contributed by atoms with E-state index in [1.54, 1.807) is 11.9 Å². The first-order chi connectivity index (χ1) is 7.79. The molecule has 17 heavy (non-hydrogen) atoms. The second-order valence-corrected chi connectivity index (χ2v) is 5.93. The van der Waals surface area contributed by atoms with E-state index in [1.807, 2.05) is 20.8 Å². The van der Waals surface area contributed by atoms with Gasteiger partial charge in [-0.3, -0.25) is 4.90 Å². The normalized spacial score (nSPS) is 21.6. The summed E-state index contributed by atoms with van der Waals surface area (Å²) in [6.07, 6.45) is 2.32. The molecule has 0 aromatic heterocycles. The third kappa shape index (κ3) is 4.94. The lowest BCUT2D eigenvalue weighted by atomic mass is 10.2. The Labute approximate surface area is 105 Å². The van der Waals surface area contributed by atoms with Crippen LogP contribution in [0.1, 0.15) is 40.5 Å². The molecular formula is C13H26N2O2. The summed E-state index contributed by atoms with van der Waals surface area (Å²) < 4.78 is 5.31. The lowest BCUT2D eigenvalue weighted by molar-refractivity contribution is 0.0282. The van der Waals surface area contributed by atoms with Gasteiger partial charge in [-0.05, 0) is 47.1 Å². The molecule has 1 saturated heterocycles. The standard InChI is InChI=1S/C13H26N2O2/c1-11-7-6-8-15(11)10-9-14(5)12(16)17-13(2,3)4/h11H,6-10H2,1-5H3/t11-/m0/s1. The van der Waals surface area contributed by atoms with Crippen molar-refractivity contribution < 1.29 is 9.53 Å². The van der Waals surface area contributed by atoms with Crippen LogP contribution >= 0.6 is 0 Å². The average Bonchev–Trinajstić information content (AvgIpc) is 2.57. The van der Waals surface area contributed by atoms with E-state index >= 15 is 0 Å². The lowest BCUT2D eigenvalue weighted by Crippen LogP contribution is -2.40. The Morgan fingerprint density at radius 2 is 2.12 bits per heavy atom. The van der Waals surface area contributed by atoms with Gasteiger partial charge in [-0.25, -0.2) is 4.79 Å². The van der Waals surface area contributed by atoms with Gasteiger partial charge in [0.25, 0.3) is 0 Å². The van der Waals surface area contributed by atoms with Crippen molar-refractivity contribution in [1.29, 1.82) is 0 Å². The van der Waals surface area contributed by atoms with Gasteiger partial charge in [0.2, 0.25) is 0 Å². The van der Waals surface area contributed by atoms with Crippen LogP contribution in [0.5, 0.6) is 0 Å². The van der Waals surface area contributed by atoms with E-state index in [2.05, 4.69) is 11.8 Å². The number of amides is 1. The Bertz CT molecular complexity index is 261. The first-order valence-corrected chi connectivity index (χ1v) is 6.48. The van der Waals surface area contributed by atoms with Crippen LogP contribution in [0.2, 0.25) is 0 Å². The van der Waals surface area contributed by atoms with Gasteiger partial charge in [0.15, 0.2) is 0 Å². The molecule has 4 nitrogen and oxygen atoms in total. The van der Waals surface area contributed by atoms with Crippen molar-refractivity contribution in [2.45, 2.75) is 52.2 Å². The van der Waals surface area contributed by atoms with Crippen molar-refractivity contribution in [3.05, 3.63) is 0 Å². The van der Waals surface area contributed by atoms with Gasteiger partial charge in [-0.1, -0.05) is 0 Å². The first-order valence-electron chi connectivity index (χ1n) is 6.48. The van der Waals surface area contributed by atoms with Crippen LogP contribution in [0.4, 0.5) is 4.79 Å². The number of likely N-dealkylation sites (N-methyl/N-ethyl adjacent to an activating group) is 1. The van der Waals surface area contributed by atoms with Crippen molar-refractivity contribution in [3.8, 4) is 0 Å². The smallest absolute Gasteiger partial charge is 0.410 e. The van der Waals surface area contributed by atoms with Crippen molar-refractivity contribution in [1.82, 2.24) is 9.80 Å². The van der Waals surface area contributed by atoms with E-state index in [1.165, 1.54) is 12.8 Å². The van der Waals surface area contributed by atoms with Crippen LogP contribution in [-0.2, 0) is 4.74 Å². The molecule has 1 fully saturated rings. The predicted octanol–water partition coefficient (Wildman–Crippen LogP) is 2.34. The zero-order valence-electron chi connectivity index (χ0n) is 11.8. The molecule has 0 radical (unpaired) electrons. The summed E-state index contributed by atoms with van der Waals surface area (Å²) in [4.78, 5) is 15.8. The third-order valence-corrected chi connectivity index (χ3v) is 3.12. The lowest BCUT2D eigenvalue weighted by Gasteiger charge is -2.27. The predicted molar refractivity (Wildman–Crippen MR) is 69.1 cm³/mol. The van der Waals surface area contributed by atoms with Crippen LogP contribution in [0.25, 0.3) is 0 Å². The Morgan fingerprint density at radius 3 is 2.59 bits per heavy atom. The Kier molecular flexibility index (Phi) is 4.80. The van der Waals surface area contributed by atoms with E-state index in [0.29, 0.717) is 6.04 Å². The summed E-state index contributed by atoms with van der Waals surface area (Å²) in [5.74, 6) is 0. The molecule has 1 atom stereocenters. The van der Waals surface area contributed by atoms with Gasteiger partial charge < -0.3 is 9.64 Å². The summed E-state index contributed by atoms with van der Waals surface area (Å²) >= 11 is 0. The number of hydrogen-bond acceptors (Lipinski definition) is 3. The summed E-state index contributed by atoms with van der Waals surface area (Å²) in [7, 11) is 1.80. The molecule has 0 aromatic rings. The average molecular weight is 242 g/mol. The molecule has 0 saturated carbocycles. The highest BCUT2D eigenvalue weighted by molar-refractivity contribution is 5.67. The largest absolute Gasteiger partial charge is 0.444 e. The molecule has 0 spiro atoms. The molecule has 1 rings (SSSR count). The SMILES string of the molecule is C[C@H]1CCCN1CCN(C)C(=O)OC(C)(C)C. The number of carbonyl (C=O) groups is 1. The highest BCUT2D eigenvalue weighted by atomic mass is 16.6. The van der Waals surface area contributed by atoms with Gasteiger partial charge >= 0.3 is 6.09 Å². The van der Waals surface area contributed by atoms with Crippen LogP contribution in [0.3, 0.4) is 0 Å². The van der Waals surface area contributed by atoms with Crippen molar-refractivity contribution in [2.75, 3.05) is 26.7 Å². The molecule has 100 valence electrons. The molecule has 1 aliphatic rings. The van der Waals surface area contributed by atoms with E-state index < -0.39 is 5.60 Å². The highest BCUT2D eigenvalue weighted by Gasteiger charge is 2.23. The molecule has 0 aromatic carbocycles. The van der Waals surface area contributed by atoms with E-state index in [9.17, 15) is 4.79 Å². The van der Waals surface area contributed by atoms with Crippen LogP contribution in [-0.4, -0.2) is 54.2 Å². The molecular weight excluding hydrogens is 216 g/mol. The zero-order valence-corrected chi connectivity index (χ0v) is 11.8. The van der Waals surface area contributed by atoms with Gasteiger partial charge in [-0.2, -0.15) is 0 Å². The Hall–Kier alpha value is -0.770. The van der Waals surface area contributed by atoms with Gasteiger partial charge in [0.05, 0.1) is 0 Å². The second kappa shape index (κ2) is 5.71. The Morgan fingerprint density at radius 1 is 1.47 bits per heavy atom. The first kappa shape index (κ1) is 14.3. The Balaban J connectivity index is 2.29. The molecule has 1 heterocycles. The van der Waals surface area contributed by atoms with Crippen LogP contribution in [0.15, 0.2) is 0 Å². The van der Waals surface area contributed by atoms with Gasteiger partial charge in [0.1, 0.15) is 5.60 Å². The molecule has 4 heteroatoms. The van der Waals surface area contributed by atoms with Gasteiger partial charge in [-0.15, -0.1) is 0 Å². The molecule has 0 unspecified atom stereocenters. The van der Waals surface area contributed by atoms with Crippen molar-refractivity contribution in [2.24, 2.45) is 0 Å². The van der Waals surface area contributed by atoms with Crippen LogP contribution < -0.4 is 0 Å². The number of nitrogens with zero attached hydrogens (tertiary/aromatic N) is 2. The van der Waals surface area contributed by atoms with E-state index in [4.69, 9.17) is 4.74 Å². The third-order valence-electron chi connectivity index (χ3n) is 3.12. The minimum absolute atomic E-state index is 0.232. The number of ether oxygens (including phenoxy) is 1. The fourth-order valence-corrected chi connectivity index (χ4v) is 2.03. The topological polar surface area (TPSA) is 32.8 Å². The monoisotopic (exact) mass is 242 g/mol. The summed E-state index contributed by atoms with van der Waals surface area (Å²) in [6, 6.07) is 0.655. The molecule has 1 amide bonds. The number of rotatable bonds is 3. The number of likely N-dealkylation sites (tertiary alicyclic amines) is 1. The minimum Gasteiger partial charge on any atom is -0.444 e. The van der Waals surface area contributed by atoms with Crippen molar-refractivity contribution >= 4 is 6.09 Å². The quantitative estimate of drug-likeness (QED) is 0.761. The number of hydrogen-bond donors (Lipinski definition) is 0. The van der Waals surface area contributed by atoms with E-state index in [-0.39, 0.29) is 6.09 Å². The summed E-state index contributed by atoms with van der Waals surface area (Å²) in [5, 5.41) is 0. The zero-order chi connectivity index (χ0) is 13.1. The molecule has 1 aliphatic heterocycles. The summed E-state index contributed by atoms with van der Waals surface area (Å²) in [6.45, 7) is 10.8. The van der Waals surface area contributed by atoms with Gasteiger partial charge in [0, 0.05) is 26.2 Å². The van der Waals surface area contributed by atoms with E-state index in [0.717, 1.165) is 19.6 Å². The highest BCUT2D eigenvalue weighted by Crippen LogP contribution is 2.16. The molecule has 0 bridgehead atoms. The summed E-state index contributed by atoms with van der Waals surface area (Å²) in [5.41, 5.74) is -0.410. The van der Waals surface area contributed by atoms with Crippen molar-refractivity contribution in [3.63, 3.8) is 0 Å². The molecule has 0 N–H and O–H groups in total. The fourth-order valence-electron chi connectivity index (χ4n) is 2.03. The maximum absolute atomic E-state index is 11.7. The second-order valence-electron chi connectivity index (χ2n) is 5.93. The minimum atomic E-state index is -0.410. The van der Waals surface area contributed by atoms with Crippen LogP contribution in [0, 0.1) is 0 Å². The maximum atomic E-state index is 11.7. The fraction of sp³-hybridized carbons (Fsp3) is 0.923.